The second-order valence-corrected chi connectivity index (χ2v) is 4.69. The van der Waals surface area contributed by atoms with Gasteiger partial charge in [0.25, 0.3) is 0 Å². The molecular weight excluding hydrogens is 254 g/mol. The standard InChI is InChI=1S/C15H21N3O2/c1-6-16-13(12-9(2)10(3)20-11(12)4)14-15(19-5)18-8-7-17-14/h7-8,13,16H,6H2,1-5H3. The van der Waals surface area contributed by atoms with Gasteiger partial charge in [0.1, 0.15) is 17.2 Å². The Bertz CT molecular complexity index is 593. The predicted octanol–water partition coefficient (Wildman–Crippen LogP) is 2.70. The Labute approximate surface area is 119 Å². The van der Waals surface area contributed by atoms with Gasteiger partial charge in [-0.2, -0.15) is 0 Å². The summed E-state index contributed by atoms with van der Waals surface area (Å²) in [5.74, 6) is 2.37. The zero-order valence-electron chi connectivity index (χ0n) is 12.7. The van der Waals surface area contributed by atoms with E-state index in [9.17, 15) is 0 Å². The van der Waals surface area contributed by atoms with Crippen molar-refractivity contribution >= 4 is 0 Å². The van der Waals surface area contributed by atoms with Crippen LogP contribution in [-0.4, -0.2) is 23.6 Å². The Balaban J connectivity index is 2.56. The van der Waals surface area contributed by atoms with Gasteiger partial charge in [0.2, 0.25) is 5.88 Å². The van der Waals surface area contributed by atoms with Gasteiger partial charge in [-0.1, -0.05) is 6.92 Å². The Hall–Kier alpha value is -1.88. The molecule has 0 saturated carbocycles. The minimum atomic E-state index is -0.0823. The number of nitrogens with zero attached hydrogens (tertiary/aromatic N) is 2. The van der Waals surface area contributed by atoms with E-state index in [-0.39, 0.29) is 6.04 Å². The van der Waals surface area contributed by atoms with Crippen LogP contribution in [0.25, 0.3) is 0 Å². The van der Waals surface area contributed by atoms with Crippen LogP contribution in [0.1, 0.15) is 41.3 Å². The van der Waals surface area contributed by atoms with Crippen molar-refractivity contribution in [3.63, 3.8) is 0 Å². The molecule has 0 radical (unpaired) electrons. The molecule has 2 rings (SSSR count). The van der Waals surface area contributed by atoms with Crippen LogP contribution in [-0.2, 0) is 0 Å². The fourth-order valence-corrected chi connectivity index (χ4v) is 2.47. The molecule has 0 bridgehead atoms. The van der Waals surface area contributed by atoms with Crippen LogP contribution in [0.3, 0.4) is 0 Å². The number of ether oxygens (including phenoxy) is 1. The maximum absolute atomic E-state index is 5.74. The van der Waals surface area contributed by atoms with Gasteiger partial charge in [-0.15, -0.1) is 0 Å². The summed E-state index contributed by atoms with van der Waals surface area (Å²) in [6, 6.07) is -0.0823. The molecule has 0 aliphatic rings. The summed E-state index contributed by atoms with van der Waals surface area (Å²) < 4.78 is 11.1. The van der Waals surface area contributed by atoms with E-state index >= 15 is 0 Å². The average Bonchev–Trinajstić information content (AvgIpc) is 2.70. The van der Waals surface area contributed by atoms with Gasteiger partial charge in [-0.05, 0) is 32.9 Å². The van der Waals surface area contributed by atoms with E-state index in [1.165, 1.54) is 0 Å². The maximum atomic E-state index is 5.74. The molecule has 5 heteroatoms. The first-order chi connectivity index (χ1) is 9.60. The molecule has 5 nitrogen and oxygen atoms in total. The lowest BCUT2D eigenvalue weighted by molar-refractivity contribution is 0.382. The zero-order valence-corrected chi connectivity index (χ0v) is 12.7. The number of furan rings is 1. The molecule has 0 fully saturated rings. The molecule has 0 saturated heterocycles. The van der Waals surface area contributed by atoms with Crippen molar-refractivity contribution in [2.24, 2.45) is 0 Å². The molecule has 0 aromatic carbocycles. The smallest absolute Gasteiger partial charge is 0.237 e. The van der Waals surface area contributed by atoms with Gasteiger partial charge in [-0.25, -0.2) is 4.98 Å². The number of nitrogens with one attached hydrogen (secondary N) is 1. The number of hydrogen-bond acceptors (Lipinski definition) is 5. The monoisotopic (exact) mass is 275 g/mol. The largest absolute Gasteiger partial charge is 0.480 e. The summed E-state index contributed by atoms with van der Waals surface area (Å²) in [5.41, 5.74) is 3.04. The number of rotatable bonds is 5. The highest BCUT2D eigenvalue weighted by Gasteiger charge is 2.26. The van der Waals surface area contributed by atoms with Gasteiger partial charge in [0.15, 0.2) is 0 Å². The molecule has 0 aliphatic carbocycles. The van der Waals surface area contributed by atoms with E-state index in [1.807, 2.05) is 13.8 Å². The highest BCUT2D eigenvalue weighted by Crippen LogP contribution is 2.33. The van der Waals surface area contributed by atoms with E-state index in [0.717, 1.165) is 34.9 Å². The molecule has 2 aromatic rings. The van der Waals surface area contributed by atoms with E-state index in [1.54, 1.807) is 19.5 Å². The van der Waals surface area contributed by atoms with Crippen LogP contribution in [0.15, 0.2) is 16.8 Å². The van der Waals surface area contributed by atoms with Crippen molar-refractivity contribution < 1.29 is 9.15 Å². The number of methoxy groups -OCH3 is 1. The lowest BCUT2D eigenvalue weighted by atomic mass is 9.99. The van der Waals surface area contributed by atoms with Crippen LogP contribution in [0.5, 0.6) is 5.88 Å². The topological polar surface area (TPSA) is 60.2 Å². The quantitative estimate of drug-likeness (QED) is 0.909. The second-order valence-electron chi connectivity index (χ2n) is 4.69. The molecule has 0 aliphatic heterocycles. The summed E-state index contributed by atoms with van der Waals surface area (Å²) in [5, 5.41) is 3.44. The van der Waals surface area contributed by atoms with Crippen molar-refractivity contribution in [2.75, 3.05) is 13.7 Å². The molecule has 1 atom stereocenters. The molecule has 1 unspecified atom stereocenters. The summed E-state index contributed by atoms with van der Waals surface area (Å²) >= 11 is 0. The molecule has 1 N–H and O–H groups in total. The third kappa shape index (κ3) is 2.54. The zero-order chi connectivity index (χ0) is 14.7. The predicted molar refractivity (Wildman–Crippen MR) is 77.0 cm³/mol. The lowest BCUT2D eigenvalue weighted by Gasteiger charge is -2.19. The first-order valence-electron chi connectivity index (χ1n) is 6.74. The Morgan fingerprint density at radius 2 is 1.90 bits per heavy atom. The lowest BCUT2D eigenvalue weighted by Crippen LogP contribution is -2.24. The van der Waals surface area contributed by atoms with Gasteiger partial charge < -0.3 is 14.5 Å². The summed E-state index contributed by atoms with van der Waals surface area (Å²) in [7, 11) is 1.61. The first kappa shape index (κ1) is 14.5. The Kier molecular flexibility index (Phi) is 4.39. The van der Waals surface area contributed by atoms with Gasteiger partial charge in [0.05, 0.1) is 13.2 Å². The van der Waals surface area contributed by atoms with E-state index in [4.69, 9.17) is 9.15 Å². The Morgan fingerprint density at radius 3 is 2.45 bits per heavy atom. The third-order valence-corrected chi connectivity index (χ3v) is 3.47. The minimum absolute atomic E-state index is 0.0823. The SMILES string of the molecule is CCNC(c1nccnc1OC)c1c(C)oc(C)c1C. The number of hydrogen-bond donors (Lipinski definition) is 1. The highest BCUT2D eigenvalue weighted by molar-refractivity contribution is 5.41. The minimum Gasteiger partial charge on any atom is -0.480 e. The van der Waals surface area contributed by atoms with E-state index < -0.39 is 0 Å². The van der Waals surface area contributed by atoms with Crippen LogP contribution in [0.4, 0.5) is 0 Å². The summed E-state index contributed by atoms with van der Waals surface area (Å²) in [6.45, 7) is 8.89. The molecular formula is C15H21N3O2. The van der Waals surface area contributed by atoms with Crippen molar-refractivity contribution in [3.8, 4) is 5.88 Å². The third-order valence-electron chi connectivity index (χ3n) is 3.47. The fraction of sp³-hybridized carbons (Fsp3) is 0.467. The van der Waals surface area contributed by atoms with Crippen LogP contribution in [0, 0.1) is 20.8 Å². The van der Waals surface area contributed by atoms with Crippen LogP contribution < -0.4 is 10.1 Å². The normalized spacial score (nSPS) is 12.4. The fourth-order valence-electron chi connectivity index (χ4n) is 2.47. The summed E-state index contributed by atoms with van der Waals surface area (Å²) in [4.78, 5) is 8.68. The van der Waals surface area contributed by atoms with Gasteiger partial charge in [-0.3, -0.25) is 4.98 Å². The second kappa shape index (κ2) is 6.05. The van der Waals surface area contributed by atoms with E-state index in [2.05, 4.69) is 29.1 Å². The van der Waals surface area contributed by atoms with Crippen molar-refractivity contribution in [2.45, 2.75) is 33.7 Å². The molecule has 0 spiro atoms. The molecule has 2 heterocycles. The molecule has 0 amide bonds. The van der Waals surface area contributed by atoms with Gasteiger partial charge in [0, 0.05) is 18.0 Å². The molecule has 2 aromatic heterocycles. The first-order valence-corrected chi connectivity index (χ1v) is 6.74. The van der Waals surface area contributed by atoms with Crippen LogP contribution >= 0.6 is 0 Å². The maximum Gasteiger partial charge on any atom is 0.237 e. The number of aryl methyl sites for hydroxylation is 2. The van der Waals surface area contributed by atoms with Crippen molar-refractivity contribution in [3.05, 3.63) is 40.7 Å². The summed E-state index contributed by atoms with van der Waals surface area (Å²) in [6.07, 6.45) is 3.31. The van der Waals surface area contributed by atoms with Crippen LogP contribution in [0.2, 0.25) is 0 Å². The van der Waals surface area contributed by atoms with E-state index in [0.29, 0.717) is 5.88 Å². The van der Waals surface area contributed by atoms with Crippen molar-refractivity contribution in [1.82, 2.24) is 15.3 Å². The number of aromatic nitrogens is 2. The Morgan fingerprint density at radius 1 is 1.20 bits per heavy atom. The molecule has 20 heavy (non-hydrogen) atoms. The van der Waals surface area contributed by atoms with Gasteiger partial charge >= 0.3 is 0 Å². The highest BCUT2D eigenvalue weighted by atomic mass is 16.5. The average molecular weight is 275 g/mol. The molecule has 108 valence electrons. The van der Waals surface area contributed by atoms with Crippen molar-refractivity contribution in [1.29, 1.82) is 0 Å².